The molecule has 1 amide bonds. The second kappa shape index (κ2) is 4.89. The second-order valence-electron chi connectivity index (χ2n) is 4.56. The maximum atomic E-state index is 11.9. The number of hydrogen-bond acceptors (Lipinski definition) is 6. The van der Waals surface area contributed by atoms with Gasteiger partial charge < -0.3 is 14.3 Å². The average Bonchev–Trinajstić information content (AvgIpc) is 2.94. The van der Waals surface area contributed by atoms with Crippen molar-refractivity contribution in [2.24, 2.45) is 7.05 Å². The molecule has 0 fully saturated rings. The zero-order valence-corrected chi connectivity index (χ0v) is 11.4. The van der Waals surface area contributed by atoms with Crippen molar-refractivity contribution in [3.63, 3.8) is 0 Å². The van der Waals surface area contributed by atoms with Crippen LogP contribution >= 0.6 is 0 Å². The van der Waals surface area contributed by atoms with E-state index < -0.39 is 5.76 Å². The number of carbonyl (C=O) groups is 1. The van der Waals surface area contributed by atoms with Crippen molar-refractivity contribution >= 4 is 22.7 Å². The van der Waals surface area contributed by atoms with E-state index in [0.717, 1.165) is 0 Å². The van der Waals surface area contributed by atoms with Crippen LogP contribution in [0.25, 0.3) is 11.1 Å². The number of fused-ring (bicyclic) bond motifs is 1. The van der Waals surface area contributed by atoms with Gasteiger partial charge in [-0.05, 0) is 12.1 Å². The highest BCUT2D eigenvalue weighted by Crippen LogP contribution is 2.17. The number of amides is 1. The van der Waals surface area contributed by atoms with Gasteiger partial charge in [0.15, 0.2) is 11.4 Å². The summed E-state index contributed by atoms with van der Waals surface area (Å²) in [7, 11) is 1.62. The monoisotopic (exact) mass is 288 g/mol. The molecule has 0 aliphatic rings. The van der Waals surface area contributed by atoms with Crippen molar-refractivity contribution in [2.75, 3.05) is 5.32 Å². The number of carbonyl (C=O) groups excluding carboxylic acids is 1. The Labute approximate surface area is 118 Å². The molecule has 8 heteroatoms. The fourth-order valence-electron chi connectivity index (χ4n) is 1.97. The van der Waals surface area contributed by atoms with Gasteiger partial charge >= 0.3 is 5.76 Å². The number of nitrogens with one attached hydrogen (secondary N) is 1. The Morgan fingerprint density at radius 3 is 2.95 bits per heavy atom. The fraction of sp³-hybridized carbons (Fsp3) is 0.231. The topological polar surface area (TPSA) is 103 Å². The first-order valence-corrected chi connectivity index (χ1v) is 6.21. The van der Waals surface area contributed by atoms with Crippen molar-refractivity contribution < 1.29 is 13.7 Å². The standard InChI is InChI=1S/C13H12N4O4/c1-7-14-11(16-21-7)6-12(18)15-8-3-4-9-10(5-8)20-13(19)17(9)2/h3-5H,6H2,1-2H3,(H,15,18). The van der Waals surface area contributed by atoms with Crippen LogP contribution in [0.15, 0.2) is 31.9 Å². The summed E-state index contributed by atoms with van der Waals surface area (Å²) in [6, 6.07) is 4.99. The summed E-state index contributed by atoms with van der Waals surface area (Å²) in [5.41, 5.74) is 1.60. The van der Waals surface area contributed by atoms with Gasteiger partial charge in [0.2, 0.25) is 11.8 Å². The highest BCUT2D eigenvalue weighted by molar-refractivity contribution is 5.93. The molecule has 0 aliphatic carbocycles. The van der Waals surface area contributed by atoms with E-state index >= 15 is 0 Å². The minimum absolute atomic E-state index is 0.00805. The number of aromatic nitrogens is 3. The van der Waals surface area contributed by atoms with E-state index in [1.54, 1.807) is 32.2 Å². The van der Waals surface area contributed by atoms with Crippen LogP contribution in [-0.2, 0) is 18.3 Å². The summed E-state index contributed by atoms with van der Waals surface area (Å²) in [5.74, 6) is -0.00761. The molecule has 3 aromatic rings. The third-order valence-corrected chi connectivity index (χ3v) is 2.96. The normalized spacial score (nSPS) is 11.0. The molecule has 2 heterocycles. The van der Waals surface area contributed by atoms with E-state index in [1.807, 2.05) is 0 Å². The number of hydrogen-bond donors (Lipinski definition) is 1. The van der Waals surface area contributed by atoms with Gasteiger partial charge in [-0.25, -0.2) is 4.79 Å². The van der Waals surface area contributed by atoms with Gasteiger partial charge in [-0.1, -0.05) is 5.16 Å². The van der Waals surface area contributed by atoms with Gasteiger partial charge in [0.1, 0.15) is 0 Å². The summed E-state index contributed by atoms with van der Waals surface area (Å²) < 4.78 is 11.2. The fourth-order valence-corrected chi connectivity index (χ4v) is 1.97. The molecule has 2 aromatic heterocycles. The minimum atomic E-state index is -0.448. The molecule has 0 bridgehead atoms. The quantitative estimate of drug-likeness (QED) is 0.771. The molecule has 0 unspecified atom stereocenters. The summed E-state index contributed by atoms with van der Waals surface area (Å²) in [6.45, 7) is 1.65. The number of oxazole rings is 1. The van der Waals surface area contributed by atoms with Crippen molar-refractivity contribution in [3.05, 3.63) is 40.5 Å². The first kappa shape index (κ1) is 13.1. The summed E-state index contributed by atoms with van der Waals surface area (Å²) in [5, 5.41) is 6.34. The van der Waals surface area contributed by atoms with E-state index in [4.69, 9.17) is 8.94 Å². The number of aryl methyl sites for hydroxylation is 2. The van der Waals surface area contributed by atoms with Crippen molar-refractivity contribution in [2.45, 2.75) is 13.3 Å². The third-order valence-electron chi connectivity index (χ3n) is 2.96. The lowest BCUT2D eigenvalue weighted by Crippen LogP contribution is -2.15. The van der Waals surface area contributed by atoms with Gasteiger partial charge in [-0.2, -0.15) is 4.98 Å². The van der Waals surface area contributed by atoms with Crippen LogP contribution in [0.4, 0.5) is 5.69 Å². The van der Waals surface area contributed by atoms with Crippen molar-refractivity contribution in [1.29, 1.82) is 0 Å². The molecule has 0 atom stereocenters. The molecular weight excluding hydrogens is 276 g/mol. The molecular formula is C13H12N4O4. The summed E-state index contributed by atoms with van der Waals surface area (Å²) in [4.78, 5) is 27.2. The lowest BCUT2D eigenvalue weighted by Gasteiger charge is -2.03. The molecule has 21 heavy (non-hydrogen) atoms. The molecule has 1 N–H and O–H groups in total. The van der Waals surface area contributed by atoms with Crippen LogP contribution in [0, 0.1) is 6.92 Å². The Morgan fingerprint density at radius 1 is 1.43 bits per heavy atom. The molecule has 0 spiro atoms. The van der Waals surface area contributed by atoms with E-state index in [2.05, 4.69) is 15.5 Å². The van der Waals surface area contributed by atoms with Gasteiger partial charge in [-0.3, -0.25) is 9.36 Å². The number of nitrogens with zero attached hydrogens (tertiary/aromatic N) is 3. The molecule has 108 valence electrons. The largest absolute Gasteiger partial charge is 0.419 e. The molecule has 8 nitrogen and oxygen atoms in total. The molecule has 3 rings (SSSR count). The zero-order valence-electron chi connectivity index (χ0n) is 11.4. The minimum Gasteiger partial charge on any atom is -0.408 e. The number of benzene rings is 1. The summed E-state index contributed by atoms with van der Waals surface area (Å²) in [6.07, 6.45) is 0.00805. The Morgan fingerprint density at radius 2 is 2.24 bits per heavy atom. The van der Waals surface area contributed by atoms with Crippen LogP contribution in [0.3, 0.4) is 0 Å². The maximum Gasteiger partial charge on any atom is 0.419 e. The molecule has 1 aromatic carbocycles. The molecule has 0 aliphatic heterocycles. The predicted octanol–water partition coefficient (Wildman–Crippen LogP) is 1.00. The average molecular weight is 288 g/mol. The number of anilines is 1. The Hall–Kier alpha value is -2.90. The highest BCUT2D eigenvalue weighted by Gasteiger charge is 2.11. The van der Waals surface area contributed by atoms with Crippen LogP contribution in [0.2, 0.25) is 0 Å². The van der Waals surface area contributed by atoms with E-state index in [1.165, 1.54) is 4.57 Å². The lowest BCUT2D eigenvalue weighted by atomic mass is 10.2. The first-order chi connectivity index (χ1) is 10.0. The number of rotatable bonds is 3. The third kappa shape index (κ3) is 2.55. The molecule has 0 radical (unpaired) electrons. The Kier molecular flexibility index (Phi) is 3.05. The van der Waals surface area contributed by atoms with Crippen LogP contribution < -0.4 is 11.1 Å². The maximum absolute atomic E-state index is 11.9. The Bertz CT molecular complexity index is 874. The van der Waals surface area contributed by atoms with E-state index in [9.17, 15) is 9.59 Å². The van der Waals surface area contributed by atoms with Gasteiger partial charge in [-0.15, -0.1) is 0 Å². The van der Waals surface area contributed by atoms with Crippen molar-refractivity contribution in [1.82, 2.24) is 14.7 Å². The van der Waals surface area contributed by atoms with Gasteiger partial charge in [0, 0.05) is 25.7 Å². The van der Waals surface area contributed by atoms with Crippen LogP contribution in [0.5, 0.6) is 0 Å². The first-order valence-electron chi connectivity index (χ1n) is 6.21. The highest BCUT2D eigenvalue weighted by atomic mass is 16.5. The van der Waals surface area contributed by atoms with E-state index in [-0.39, 0.29) is 12.3 Å². The van der Waals surface area contributed by atoms with Crippen molar-refractivity contribution in [3.8, 4) is 0 Å². The van der Waals surface area contributed by atoms with Crippen LogP contribution in [0.1, 0.15) is 11.7 Å². The second-order valence-corrected chi connectivity index (χ2v) is 4.56. The van der Waals surface area contributed by atoms with Gasteiger partial charge in [0.25, 0.3) is 0 Å². The zero-order chi connectivity index (χ0) is 15.0. The predicted molar refractivity (Wildman–Crippen MR) is 72.8 cm³/mol. The summed E-state index contributed by atoms with van der Waals surface area (Å²) >= 11 is 0. The SMILES string of the molecule is Cc1nc(CC(=O)Nc2ccc3c(c2)oc(=O)n3C)no1. The molecule has 0 saturated carbocycles. The smallest absolute Gasteiger partial charge is 0.408 e. The van der Waals surface area contributed by atoms with Crippen LogP contribution in [-0.4, -0.2) is 20.6 Å². The molecule has 0 saturated heterocycles. The lowest BCUT2D eigenvalue weighted by molar-refractivity contribution is -0.115. The van der Waals surface area contributed by atoms with Gasteiger partial charge in [0.05, 0.1) is 11.9 Å². The Balaban J connectivity index is 1.78. The van der Waals surface area contributed by atoms with E-state index in [0.29, 0.717) is 28.5 Å².